The van der Waals surface area contributed by atoms with Gasteiger partial charge in [0.1, 0.15) is 11.5 Å². The highest BCUT2D eigenvalue weighted by atomic mass is 79.9. The first-order valence-electron chi connectivity index (χ1n) is 12.1. The normalized spacial score (nSPS) is 19.5. The van der Waals surface area contributed by atoms with Crippen LogP contribution in [0.3, 0.4) is 0 Å². The maximum absolute atomic E-state index is 13.4. The Morgan fingerprint density at radius 2 is 1.57 bits per heavy atom. The highest BCUT2D eigenvalue weighted by Gasteiger charge is 2.50. The Kier molecular flexibility index (Phi) is 8.04. The standard InChI is InChI=1S/C26H20BrF9N4O2/c1-2-23(37)17(9-13-8-14(24(28,29)30)3-4-20(13)40(23)22(41)42)21-38-11-18(27)19(39-21)7-12-5-15(25(31,32)33)10-16(6-12)26(34,35)36/h3-6,8,10-11,17H,2,7,9,37H2,1H3,(H,41,42). The largest absolute Gasteiger partial charge is 0.465 e. The van der Waals surface area contributed by atoms with Crippen LogP contribution in [0.25, 0.3) is 0 Å². The predicted octanol–water partition coefficient (Wildman–Crippen LogP) is 7.78. The minimum Gasteiger partial charge on any atom is -0.465 e. The average Bonchev–Trinajstić information content (AvgIpc) is 2.87. The SMILES string of the molecule is CCC1(N)C(c2ncc(Br)c(Cc3cc(C(F)(F)F)cc(C(F)(F)F)c3)n2)Cc2cc(C(F)(F)F)ccc2N1C(=O)O. The molecule has 0 radical (unpaired) electrons. The van der Waals surface area contributed by atoms with E-state index in [4.69, 9.17) is 5.73 Å². The average molecular weight is 671 g/mol. The van der Waals surface area contributed by atoms with Gasteiger partial charge < -0.3 is 10.8 Å². The molecule has 1 amide bonds. The fraction of sp³-hybridized carbons (Fsp3) is 0.346. The molecule has 1 aromatic heterocycles. The first-order chi connectivity index (χ1) is 19.3. The van der Waals surface area contributed by atoms with E-state index in [1.54, 1.807) is 6.92 Å². The summed E-state index contributed by atoms with van der Waals surface area (Å²) >= 11 is 3.14. The summed E-state index contributed by atoms with van der Waals surface area (Å²) in [4.78, 5) is 21.5. The van der Waals surface area contributed by atoms with Crippen molar-refractivity contribution in [3.63, 3.8) is 0 Å². The molecule has 2 unspecified atom stereocenters. The van der Waals surface area contributed by atoms with Crippen molar-refractivity contribution in [1.82, 2.24) is 9.97 Å². The molecule has 3 aromatic rings. The minimum absolute atomic E-state index is 0.0108. The number of rotatable bonds is 4. The van der Waals surface area contributed by atoms with Gasteiger partial charge in [0.05, 0.1) is 38.5 Å². The summed E-state index contributed by atoms with van der Waals surface area (Å²) in [7, 11) is 0. The second kappa shape index (κ2) is 10.7. The highest BCUT2D eigenvalue weighted by Crippen LogP contribution is 2.46. The van der Waals surface area contributed by atoms with Crippen LogP contribution in [0.15, 0.2) is 47.1 Å². The Labute approximate surface area is 240 Å². The summed E-state index contributed by atoms with van der Waals surface area (Å²) < 4.78 is 121. The zero-order valence-electron chi connectivity index (χ0n) is 21.3. The number of halogens is 10. The maximum atomic E-state index is 13.4. The van der Waals surface area contributed by atoms with Crippen molar-refractivity contribution < 1.29 is 49.4 Å². The summed E-state index contributed by atoms with van der Waals surface area (Å²) in [5.74, 6) is -1.30. The number of hydrogen-bond donors (Lipinski definition) is 2. The second-order valence-corrected chi connectivity index (χ2v) is 10.5. The Hall–Kier alpha value is -3.40. The Balaban J connectivity index is 1.83. The summed E-state index contributed by atoms with van der Waals surface area (Å²) in [6, 6.07) is 3.59. The van der Waals surface area contributed by atoms with Crippen molar-refractivity contribution in [2.24, 2.45) is 5.73 Å². The van der Waals surface area contributed by atoms with Crippen molar-refractivity contribution in [3.8, 4) is 0 Å². The van der Waals surface area contributed by atoms with Gasteiger partial charge in [-0.3, -0.25) is 4.90 Å². The number of nitrogens with two attached hydrogens (primary N) is 1. The summed E-state index contributed by atoms with van der Waals surface area (Å²) in [5.41, 5.74) is 0.196. The van der Waals surface area contributed by atoms with Gasteiger partial charge in [-0.25, -0.2) is 14.8 Å². The number of nitrogens with zero attached hydrogens (tertiary/aromatic N) is 3. The van der Waals surface area contributed by atoms with Crippen LogP contribution in [0.2, 0.25) is 0 Å². The first-order valence-corrected chi connectivity index (χ1v) is 12.9. The van der Waals surface area contributed by atoms with Crippen LogP contribution in [0.4, 0.5) is 50.0 Å². The molecule has 0 bridgehead atoms. The van der Waals surface area contributed by atoms with Crippen molar-refractivity contribution in [1.29, 1.82) is 0 Å². The lowest BCUT2D eigenvalue weighted by atomic mass is 9.78. The van der Waals surface area contributed by atoms with Crippen molar-refractivity contribution in [2.45, 2.75) is 56.3 Å². The number of amides is 1. The van der Waals surface area contributed by atoms with Gasteiger partial charge in [0, 0.05) is 12.6 Å². The van der Waals surface area contributed by atoms with Gasteiger partial charge in [-0.2, -0.15) is 39.5 Å². The molecule has 2 aromatic carbocycles. The van der Waals surface area contributed by atoms with E-state index < -0.39 is 59.3 Å². The van der Waals surface area contributed by atoms with Gasteiger partial charge in [-0.15, -0.1) is 0 Å². The Morgan fingerprint density at radius 1 is 1.00 bits per heavy atom. The van der Waals surface area contributed by atoms with E-state index in [1.807, 2.05) is 0 Å². The fourth-order valence-corrected chi connectivity index (χ4v) is 5.28. The Bertz CT molecular complexity index is 1490. The molecule has 6 nitrogen and oxygen atoms in total. The second-order valence-electron chi connectivity index (χ2n) is 9.67. The van der Waals surface area contributed by atoms with Crippen molar-refractivity contribution in [3.05, 3.63) is 86.4 Å². The third-order valence-electron chi connectivity index (χ3n) is 7.02. The third kappa shape index (κ3) is 6.04. The lowest BCUT2D eigenvalue weighted by Crippen LogP contribution is -2.64. The molecule has 0 fully saturated rings. The van der Waals surface area contributed by atoms with E-state index in [0.29, 0.717) is 12.1 Å². The quantitative estimate of drug-likeness (QED) is 0.277. The van der Waals surface area contributed by atoms with Crippen LogP contribution in [0.1, 0.15) is 58.6 Å². The number of fused-ring (bicyclic) bond motifs is 1. The lowest BCUT2D eigenvalue weighted by molar-refractivity contribution is -0.143. The molecule has 3 N–H and O–H groups in total. The van der Waals surface area contributed by atoms with Crippen molar-refractivity contribution in [2.75, 3.05) is 4.90 Å². The van der Waals surface area contributed by atoms with Gasteiger partial charge in [0.2, 0.25) is 0 Å². The van der Waals surface area contributed by atoms with Crippen LogP contribution in [0, 0.1) is 0 Å². The molecular weight excluding hydrogens is 651 g/mol. The number of carboxylic acid groups (broad SMARTS) is 1. The molecule has 2 atom stereocenters. The minimum atomic E-state index is -5.07. The molecule has 42 heavy (non-hydrogen) atoms. The van der Waals surface area contributed by atoms with E-state index in [9.17, 15) is 49.4 Å². The van der Waals surface area contributed by atoms with Crippen LogP contribution in [0.5, 0.6) is 0 Å². The van der Waals surface area contributed by atoms with E-state index in [-0.39, 0.29) is 51.7 Å². The predicted molar refractivity (Wildman–Crippen MR) is 135 cm³/mol. The fourth-order valence-electron chi connectivity index (χ4n) is 4.95. The zero-order chi connectivity index (χ0) is 31.4. The molecule has 0 saturated carbocycles. The zero-order valence-corrected chi connectivity index (χ0v) is 22.9. The first kappa shape index (κ1) is 31.5. The monoisotopic (exact) mass is 670 g/mol. The van der Waals surface area contributed by atoms with E-state index >= 15 is 0 Å². The number of anilines is 1. The van der Waals surface area contributed by atoms with Gasteiger partial charge in [0.15, 0.2) is 0 Å². The van der Waals surface area contributed by atoms with Crippen LogP contribution < -0.4 is 10.6 Å². The third-order valence-corrected chi connectivity index (χ3v) is 7.68. The number of benzene rings is 2. The lowest BCUT2D eigenvalue weighted by Gasteiger charge is -2.48. The van der Waals surface area contributed by atoms with Crippen molar-refractivity contribution >= 4 is 27.7 Å². The van der Waals surface area contributed by atoms with Crippen LogP contribution in [-0.2, 0) is 31.4 Å². The summed E-state index contributed by atoms with van der Waals surface area (Å²) in [6.45, 7) is 1.54. The molecule has 0 aliphatic carbocycles. The molecule has 1 aliphatic heterocycles. The van der Waals surface area contributed by atoms with Gasteiger partial charge in [-0.1, -0.05) is 6.92 Å². The topological polar surface area (TPSA) is 92.3 Å². The van der Waals surface area contributed by atoms with E-state index in [0.717, 1.165) is 23.1 Å². The molecule has 4 rings (SSSR count). The molecule has 226 valence electrons. The van der Waals surface area contributed by atoms with Crippen LogP contribution in [-0.4, -0.2) is 26.8 Å². The smallest absolute Gasteiger partial charge is 0.416 e. The van der Waals surface area contributed by atoms with E-state index in [2.05, 4.69) is 25.9 Å². The van der Waals surface area contributed by atoms with Gasteiger partial charge >= 0.3 is 24.6 Å². The summed E-state index contributed by atoms with van der Waals surface area (Å²) in [5, 5.41) is 10.0. The molecule has 2 heterocycles. The summed E-state index contributed by atoms with van der Waals surface area (Å²) in [6.07, 6.45) is -16.1. The molecule has 0 saturated heterocycles. The molecule has 16 heteroatoms. The van der Waals surface area contributed by atoms with E-state index in [1.165, 1.54) is 6.20 Å². The van der Waals surface area contributed by atoms with Crippen LogP contribution >= 0.6 is 15.9 Å². The number of alkyl halides is 9. The maximum Gasteiger partial charge on any atom is 0.416 e. The molecular formula is C26H20BrF9N4O2. The molecule has 0 spiro atoms. The van der Waals surface area contributed by atoms with Gasteiger partial charge in [0.25, 0.3) is 0 Å². The number of aromatic nitrogens is 2. The Morgan fingerprint density at radius 3 is 2.07 bits per heavy atom. The van der Waals surface area contributed by atoms with Gasteiger partial charge in [-0.05, 0) is 76.3 Å². The highest BCUT2D eigenvalue weighted by molar-refractivity contribution is 9.10. The number of carbonyl (C=O) groups is 1. The molecule has 1 aliphatic rings. The number of hydrogen-bond acceptors (Lipinski definition) is 4.